The molecule has 0 N–H and O–H groups in total. The number of carbonyl (C=O) groups excluding carboxylic acids is 1. The Kier molecular flexibility index (Phi) is 3.32. The maximum absolute atomic E-state index is 13.4. The van der Waals surface area contributed by atoms with Gasteiger partial charge in [0.2, 0.25) is 5.91 Å². The van der Waals surface area contributed by atoms with E-state index >= 15 is 0 Å². The van der Waals surface area contributed by atoms with Crippen molar-refractivity contribution in [3.63, 3.8) is 0 Å². The molecule has 5 rings (SSSR count). The van der Waals surface area contributed by atoms with Gasteiger partial charge >= 0.3 is 0 Å². The molecule has 1 aromatic carbocycles. The molecule has 1 aromatic heterocycles. The van der Waals surface area contributed by atoms with Crippen LogP contribution in [0.1, 0.15) is 29.7 Å². The molecule has 1 saturated carbocycles. The van der Waals surface area contributed by atoms with Crippen LogP contribution in [0.15, 0.2) is 41.8 Å². The van der Waals surface area contributed by atoms with Crippen LogP contribution in [0.2, 0.25) is 0 Å². The third-order valence-corrected chi connectivity index (χ3v) is 6.67. The first-order valence-electron chi connectivity index (χ1n) is 8.92. The van der Waals surface area contributed by atoms with Gasteiger partial charge in [0.25, 0.3) is 0 Å². The normalized spacial score (nSPS) is 26.5. The first-order chi connectivity index (χ1) is 11.8. The Hall–Kier alpha value is -1.65. The van der Waals surface area contributed by atoms with Crippen molar-refractivity contribution >= 4 is 22.9 Å². The highest BCUT2D eigenvalue weighted by molar-refractivity contribution is 7.09. The van der Waals surface area contributed by atoms with E-state index in [2.05, 4.69) is 51.6 Å². The summed E-state index contributed by atoms with van der Waals surface area (Å²) < 4.78 is 0. The Bertz CT molecular complexity index is 768. The second-order valence-electron chi connectivity index (χ2n) is 7.50. The number of benzene rings is 1. The largest absolute Gasteiger partial charge is 0.311 e. The molecule has 1 spiro atoms. The van der Waals surface area contributed by atoms with E-state index in [0.29, 0.717) is 5.91 Å². The second kappa shape index (κ2) is 5.43. The molecule has 3 aliphatic rings. The summed E-state index contributed by atoms with van der Waals surface area (Å²) in [6, 6.07) is 12.8. The molecule has 124 valence electrons. The SMILES string of the molecule is O=C1N(CC2CC2)c2ccccc2[C@@]12CCN(Cc1cccs1)C2. The Morgan fingerprint density at radius 2 is 2.04 bits per heavy atom. The Morgan fingerprint density at radius 1 is 1.17 bits per heavy atom. The molecule has 0 bridgehead atoms. The monoisotopic (exact) mass is 338 g/mol. The maximum Gasteiger partial charge on any atom is 0.239 e. The lowest BCUT2D eigenvalue weighted by atomic mass is 9.81. The third-order valence-electron chi connectivity index (χ3n) is 5.81. The van der Waals surface area contributed by atoms with Crippen LogP contribution in [-0.2, 0) is 16.8 Å². The number of fused-ring (bicyclic) bond motifs is 2. The molecule has 1 atom stereocenters. The van der Waals surface area contributed by atoms with Crippen LogP contribution >= 0.6 is 11.3 Å². The molecule has 1 aliphatic carbocycles. The van der Waals surface area contributed by atoms with Crippen LogP contribution in [0.4, 0.5) is 5.69 Å². The Morgan fingerprint density at radius 3 is 2.83 bits per heavy atom. The first-order valence-corrected chi connectivity index (χ1v) is 9.80. The number of likely N-dealkylation sites (tertiary alicyclic amines) is 1. The van der Waals surface area contributed by atoms with Crippen LogP contribution in [0.25, 0.3) is 0 Å². The standard InChI is InChI=1S/C20H22N2OS/c23-19-20(9-10-21(14-20)13-16-4-3-11-24-16)17-5-1-2-6-18(17)22(19)12-15-7-8-15/h1-6,11,15H,7-10,12-14H2/t20-/m0/s1. The van der Waals surface area contributed by atoms with E-state index < -0.39 is 0 Å². The smallest absolute Gasteiger partial charge is 0.239 e. The van der Waals surface area contributed by atoms with E-state index in [1.165, 1.54) is 29.0 Å². The van der Waals surface area contributed by atoms with Gasteiger partial charge in [-0.25, -0.2) is 0 Å². The van der Waals surface area contributed by atoms with Crippen LogP contribution in [0.5, 0.6) is 0 Å². The van der Waals surface area contributed by atoms with E-state index in [1.807, 2.05) is 11.3 Å². The fraction of sp³-hybridized carbons (Fsp3) is 0.450. The van der Waals surface area contributed by atoms with Crippen molar-refractivity contribution in [3.8, 4) is 0 Å². The number of nitrogens with zero attached hydrogens (tertiary/aromatic N) is 2. The van der Waals surface area contributed by atoms with Crippen molar-refractivity contribution in [2.24, 2.45) is 5.92 Å². The molecule has 3 nitrogen and oxygen atoms in total. The summed E-state index contributed by atoms with van der Waals surface area (Å²) in [7, 11) is 0. The highest BCUT2D eigenvalue weighted by Crippen LogP contribution is 2.48. The number of thiophene rings is 1. The highest BCUT2D eigenvalue weighted by atomic mass is 32.1. The van der Waals surface area contributed by atoms with Gasteiger partial charge in [-0.2, -0.15) is 0 Å². The average molecular weight is 338 g/mol. The summed E-state index contributed by atoms with van der Waals surface area (Å²) >= 11 is 1.81. The summed E-state index contributed by atoms with van der Waals surface area (Å²) in [6.45, 7) is 3.76. The summed E-state index contributed by atoms with van der Waals surface area (Å²) in [5, 5.41) is 2.13. The van der Waals surface area contributed by atoms with Crippen LogP contribution in [0, 0.1) is 5.92 Å². The fourth-order valence-corrected chi connectivity index (χ4v) is 5.12. The van der Waals surface area contributed by atoms with Crippen molar-refractivity contribution in [2.75, 3.05) is 24.5 Å². The molecule has 2 fully saturated rings. The summed E-state index contributed by atoms with van der Waals surface area (Å²) in [6.07, 6.45) is 3.52. The van der Waals surface area contributed by atoms with Crippen LogP contribution < -0.4 is 4.90 Å². The second-order valence-corrected chi connectivity index (χ2v) is 8.53. The zero-order valence-electron chi connectivity index (χ0n) is 13.8. The lowest BCUT2D eigenvalue weighted by Crippen LogP contribution is -2.43. The Balaban J connectivity index is 1.45. The van der Waals surface area contributed by atoms with Gasteiger partial charge in [0, 0.05) is 30.2 Å². The minimum Gasteiger partial charge on any atom is -0.311 e. The first kappa shape index (κ1) is 14.7. The van der Waals surface area contributed by atoms with Gasteiger partial charge in [0.05, 0.1) is 5.41 Å². The van der Waals surface area contributed by atoms with Gasteiger partial charge in [-0.05, 0) is 54.8 Å². The lowest BCUT2D eigenvalue weighted by molar-refractivity contribution is -0.122. The molecule has 1 amide bonds. The summed E-state index contributed by atoms with van der Waals surface area (Å²) in [5.41, 5.74) is 2.14. The predicted molar refractivity (Wildman–Crippen MR) is 97.4 cm³/mol. The lowest BCUT2D eigenvalue weighted by Gasteiger charge is -2.24. The third kappa shape index (κ3) is 2.24. The molecule has 2 aliphatic heterocycles. The van der Waals surface area contributed by atoms with Gasteiger partial charge in [-0.3, -0.25) is 9.69 Å². The number of carbonyl (C=O) groups is 1. The van der Waals surface area contributed by atoms with E-state index in [0.717, 1.165) is 38.5 Å². The maximum atomic E-state index is 13.4. The topological polar surface area (TPSA) is 23.6 Å². The number of para-hydroxylation sites is 1. The van der Waals surface area contributed by atoms with Crippen molar-refractivity contribution in [1.29, 1.82) is 0 Å². The molecule has 0 unspecified atom stereocenters. The zero-order valence-corrected chi connectivity index (χ0v) is 14.6. The number of anilines is 1. The number of hydrogen-bond donors (Lipinski definition) is 0. The minimum absolute atomic E-state index is 0.303. The van der Waals surface area contributed by atoms with Crippen molar-refractivity contribution in [2.45, 2.75) is 31.2 Å². The minimum atomic E-state index is -0.303. The van der Waals surface area contributed by atoms with E-state index in [1.54, 1.807) is 0 Å². The van der Waals surface area contributed by atoms with Crippen molar-refractivity contribution < 1.29 is 4.79 Å². The Labute approximate surface area is 146 Å². The quantitative estimate of drug-likeness (QED) is 0.849. The number of hydrogen-bond acceptors (Lipinski definition) is 3. The predicted octanol–water partition coefficient (Wildman–Crippen LogP) is 3.65. The van der Waals surface area contributed by atoms with E-state index in [4.69, 9.17) is 0 Å². The average Bonchev–Trinajstić information content (AvgIpc) is 3.03. The molecule has 4 heteroatoms. The fourth-order valence-electron chi connectivity index (χ4n) is 4.38. The molecule has 3 heterocycles. The van der Waals surface area contributed by atoms with Crippen molar-refractivity contribution in [3.05, 3.63) is 52.2 Å². The molecule has 24 heavy (non-hydrogen) atoms. The van der Waals surface area contributed by atoms with Crippen molar-refractivity contribution in [1.82, 2.24) is 4.90 Å². The van der Waals surface area contributed by atoms with Crippen LogP contribution in [0.3, 0.4) is 0 Å². The molecule has 0 radical (unpaired) electrons. The summed E-state index contributed by atoms with van der Waals surface area (Å²) in [5.74, 6) is 1.07. The highest BCUT2D eigenvalue weighted by Gasteiger charge is 2.54. The number of amides is 1. The zero-order chi connectivity index (χ0) is 16.1. The van der Waals surface area contributed by atoms with Gasteiger partial charge in [-0.1, -0.05) is 24.3 Å². The summed E-state index contributed by atoms with van der Waals surface area (Å²) in [4.78, 5) is 19.3. The molecule has 1 saturated heterocycles. The molecule has 2 aromatic rings. The molecular weight excluding hydrogens is 316 g/mol. The van der Waals surface area contributed by atoms with Gasteiger partial charge < -0.3 is 4.90 Å². The van der Waals surface area contributed by atoms with E-state index in [9.17, 15) is 4.79 Å². The van der Waals surface area contributed by atoms with E-state index in [-0.39, 0.29) is 5.41 Å². The molecular formula is C20H22N2OS. The van der Waals surface area contributed by atoms with Gasteiger partial charge in [0.15, 0.2) is 0 Å². The number of rotatable bonds is 4. The van der Waals surface area contributed by atoms with Gasteiger partial charge in [-0.15, -0.1) is 11.3 Å². The van der Waals surface area contributed by atoms with Gasteiger partial charge in [0.1, 0.15) is 0 Å². The van der Waals surface area contributed by atoms with Crippen LogP contribution in [-0.4, -0.2) is 30.4 Å².